The Kier molecular flexibility index (Phi) is 11.4. The second kappa shape index (κ2) is 15.0. The molecule has 2 aromatic rings. The maximum absolute atomic E-state index is 12.4. The molecule has 1 aliphatic rings. The molecule has 0 saturated carbocycles. The van der Waals surface area contributed by atoms with Gasteiger partial charge in [-0.25, -0.2) is 14.4 Å². The van der Waals surface area contributed by atoms with E-state index in [2.05, 4.69) is 6.58 Å². The molecule has 0 radical (unpaired) electrons. The minimum Gasteiger partial charge on any atom is -0.504 e. The number of carbonyl (C=O) groups excluding carboxylic acids is 3. The second-order valence-corrected chi connectivity index (χ2v) is 9.38. The van der Waals surface area contributed by atoms with Gasteiger partial charge in [-0.05, 0) is 47.5 Å². The van der Waals surface area contributed by atoms with Crippen LogP contribution in [-0.2, 0) is 33.3 Å². The van der Waals surface area contributed by atoms with Crippen LogP contribution in [0.4, 0.5) is 0 Å². The lowest BCUT2D eigenvalue weighted by atomic mass is 9.99. The van der Waals surface area contributed by atoms with Gasteiger partial charge in [0.1, 0.15) is 43.7 Å². The highest BCUT2D eigenvalue weighted by Gasteiger charge is 2.46. The van der Waals surface area contributed by atoms with E-state index in [0.717, 1.165) is 18.2 Å². The van der Waals surface area contributed by atoms with Crippen molar-refractivity contribution in [2.75, 3.05) is 13.2 Å². The highest BCUT2D eigenvalue weighted by atomic mass is 16.7. The van der Waals surface area contributed by atoms with Crippen LogP contribution in [-0.4, -0.2) is 109 Å². The van der Waals surface area contributed by atoms with Crippen LogP contribution in [0.2, 0.25) is 0 Å². The fourth-order valence-electron chi connectivity index (χ4n) is 3.62. The van der Waals surface area contributed by atoms with E-state index in [1.165, 1.54) is 42.5 Å². The summed E-state index contributed by atoms with van der Waals surface area (Å²) in [6, 6.07) is 7.54. The summed E-state index contributed by atoms with van der Waals surface area (Å²) in [5.74, 6) is -4.71. The number of benzene rings is 2. The number of aliphatic hydroxyl groups is 4. The third-order valence-electron chi connectivity index (χ3n) is 6.15. The lowest BCUT2D eigenvalue weighted by Gasteiger charge is -2.39. The first-order chi connectivity index (χ1) is 20.8. The Morgan fingerprint density at radius 1 is 0.795 bits per heavy atom. The maximum Gasteiger partial charge on any atom is 0.336 e. The predicted octanol–water partition coefficient (Wildman–Crippen LogP) is -0.410. The van der Waals surface area contributed by atoms with Crippen LogP contribution in [0.15, 0.2) is 60.7 Å². The molecule has 236 valence electrons. The topological polar surface area (TPSA) is 250 Å². The number of carbonyl (C=O) groups is 3. The monoisotopic (exact) mass is 618 g/mol. The first kappa shape index (κ1) is 33.6. The average Bonchev–Trinajstić information content (AvgIpc) is 3.00. The Hall–Kier alpha value is -4.93. The number of rotatable bonds is 11. The summed E-state index contributed by atoms with van der Waals surface area (Å²) in [6.45, 7) is 1.94. The summed E-state index contributed by atoms with van der Waals surface area (Å²) in [5.41, 5.74) is 0.134. The summed E-state index contributed by atoms with van der Waals surface area (Å²) in [4.78, 5) is 36.5. The van der Waals surface area contributed by atoms with Crippen molar-refractivity contribution < 1.29 is 74.2 Å². The Balaban J connectivity index is 1.49. The van der Waals surface area contributed by atoms with Crippen molar-refractivity contribution in [3.63, 3.8) is 0 Å². The van der Waals surface area contributed by atoms with Gasteiger partial charge in [-0.1, -0.05) is 18.7 Å². The minimum atomic E-state index is -1.88. The van der Waals surface area contributed by atoms with E-state index in [1.807, 2.05) is 0 Å². The van der Waals surface area contributed by atoms with Crippen molar-refractivity contribution >= 4 is 30.1 Å². The molecule has 0 aliphatic carbocycles. The predicted molar refractivity (Wildman–Crippen MR) is 147 cm³/mol. The van der Waals surface area contributed by atoms with Gasteiger partial charge < -0.3 is 59.8 Å². The first-order valence-electron chi connectivity index (χ1n) is 12.8. The molecule has 3 rings (SSSR count). The van der Waals surface area contributed by atoms with Gasteiger partial charge in [0.15, 0.2) is 23.0 Å². The normalized spacial score (nSPS) is 22.4. The van der Waals surface area contributed by atoms with Gasteiger partial charge in [-0.2, -0.15) is 0 Å². The Labute approximate surface area is 249 Å². The van der Waals surface area contributed by atoms with E-state index in [1.54, 1.807) is 0 Å². The number of phenols is 4. The number of ether oxygens (including phenoxy) is 4. The molecule has 1 aliphatic heterocycles. The fourth-order valence-corrected chi connectivity index (χ4v) is 3.62. The van der Waals surface area contributed by atoms with Crippen molar-refractivity contribution in [2.24, 2.45) is 0 Å². The van der Waals surface area contributed by atoms with Gasteiger partial charge in [0.25, 0.3) is 0 Å². The molecular weight excluding hydrogens is 588 g/mol. The van der Waals surface area contributed by atoms with Crippen LogP contribution in [0.25, 0.3) is 12.2 Å². The Morgan fingerprint density at radius 2 is 1.34 bits per heavy atom. The standard InChI is InChI=1S/C29H30O15/c1-14(21(34)12-41-23(35)8-4-15-2-6-17(30)19(32)10-15)28(40)42-13-22-25(37)26(38)27(39)29(43-22)44-24(36)9-5-16-3-7-18(31)20(33)11-16/h2-11,21-22,25-27,29-34,37-39H,1,12-13H2/b8-4+,9-5+/t21?,22-,25-,26+,27-,29+/m1/s1. The van der Waals surface area contributed by atoms with E-state index >= 15 is 0 Å². The SMILES string of the molecule is C=C(C(=O)OC[C@H]1O[C@@H](OC(=O)/C=C/c2ccc(O)c(O)c2)[C@H](O)[C@@H](O)[C@@H]1O)C(O)COC(=O)/C=C/c1ccc(O)c(O)c1. The Morgan fingerprint density at radius 3 is 1.89 bits per heavy atom. The highest BCUT2D eigenvalue weighted by molar-refractivity contribution is 5.89. The van der Waals surface area contributed by atoms with Gasteiger partial charge in [-0.3, -0.25) is 0 Å². The van der Waals surface area contributed by atoms with Crippen molar-refractivity contribution in [2.45, 2.75) is 36.8 Å². The summed E-state index contributed by atoms with van der Waals surface area (Å²) in [6.07, 6.45) is -6.19. The zero-order valence-electron chi connectivity index (χ0n) is 22.8. The lowest BCUT2D eigenvalue weighted by molar-refractivity contribution is -0.291. The summed E-state index contributed by atoms with van der Waals surface area (Å²) < 4.78 is 20.1. The Bertz CT molecular complexity index is 1430. The van der Waals surface area contributed by atoms with Crippen molar-refractivity contribution in [3.05, 3.63) is 71.8 Å². The van der Waals surface area contributed by atoms with Crippen molar-refractivity contribution in [1.29, 1.82) is 0 Å². The van der Waals surface area contributed by atoms with Crippen LogP contribution < -0.4 is 0 Å². The van der Waals surface area contributed by atoms with Gasteiger partial charge >= 0.3 is 17.9 Å². The van der Waals surface area contributed by atoms with Crippen molar-refractivity contribution in [1.82, 2.24) is 0 Å². The van der Waals surface area contributed by atoms with Gasteiger partial charge in [-0.15, -0.1) is 0 Å². The number of hydrogen-bond donors (Lipinski definition) is 8. The zero-order valence-corrected chi connectivity index (χ0v) is 22.8. The van der Waals surface area contributed by atoms with E-state index in [4.69, 9.17) is 18.9 Å². The molecule has 8 N–H and O–H groups in total. The average molecular weight is 619 g/mol. The molecule has 15 heteroatoms. The smallest absolute Gasteiger partial charge is 0.336 e. The lowest BCUT2D eigenvalue weighted by Crippen LogP contribution is -2.59. The molecular formula is C29H30O15. The van der Waals surface area contributed by atoms with E-state index < -0.39 is 85.0 Å². The number of esters is 3. The minimum absolute atomic E-state index is 0.312. The van der Waals surface area contributed by atoms with Crippen LogP contribution in [0.1, 0.15) is 11.1 Å². The molecule has 0 aromatic heterocycles. The molecule has 1 saturated heterocycles. The molecule has 15 nitrogen and oxygen atoms in total. The fraction of sp³-hybridized carbons (Fsp3) is 0.276. The molecule has 44 heavy (non-hydrogen) atoms. The summed E-state index contributed by atoms with van der Waals surface area (Å²) in [7, 11) is 0. The molecule has 2 aromatic carbocycles. The zero-order chi connectivity index (χ0) is 32.6. The van der Waals surface area contributed by atoms with Crippen LogP contribution >= 0.6 is 0 Å². The second-order valence-electron chi connectivity index (χ2n) is 9.38. The first-order valence-corrected chi connectivity index (χ1v) is 12.8. The maximum atomic E-state index is 12.4. The van der Waals surface area contributed by atoms with E-state index in [0.29, 0.717) is 11.1 Å². The third-order valence-corrected chi connectivity index (χ3v) is 6.15. The van der Waals surface area contributed by atoms with Crippen LogP contribution in [0.3, 0.4) is 0 Å². The van der Waals surface area contributed by atoms with Crippen LogP contribution in [0, 0.1) is 0 Å². The molecule has 1 unspecified atom stereocenters. The molecule has 0 amide bonds. The number of aromatic hydroxyl groups is 4. The van der Waals surface area contributed by atoms with E-state index in [9.17, 15) is 55.2 Å². The van der Waals surface area contributed by atoms with Gasteiger partial charge in [0.05, 0.1) is 5.57 Å². The highest BCUT2D eigenvalue weighted by Crippen LogP contribution is 2.27. The van der Waals surface area contributed by atoms with Gasteiger partial charge in [0, 0.05) is 12.2 Å². The molecule has 1 heterocycles. The summed E-state index contributed by atoms with van der Waals surface area (Å²) >= 11 is 0. The van der Waals surface area contributed by atoms with Gasteiger partial charge in [0.2, 0.25) is 6.29 Å². The number of aliphatic hydroxyl groups excluding tert-OH is 4. The summed E-state index contributed by atoms with van der Waals surface area (Å²) in [5, 5.41) is 78.4. The number of phenolic OH excluding ortho intramolecular Hbond substituents is 4. The largest absolute Gasteiger partial charge is 0.504 e. The molecule has 0 spiro atoms. The van der Waals surface area contributed by atoms with E-state index in [-0.39, 0.29) is 11.5 Å². The van der Waals surface area contributed by atoms with Crippen molar-refractivity contribution in [3.8, 4) is 23.0 Å². The van der Waals surface area contributed by atoms with Crippen LogP contribution in [0.5, 0.6) is 23.0 Å². The number of hydrogen-bond acceptors (Lipinski definition) is 15. The molecule has 0 bridgehead atoms. The molecule has 1 fully saturated rings. The third kappa shape index (κ3) is 9.03. The quantitative estimate of drug-likeness (QED) is 0.0690. The molecule has 6 atom stereocenters.